The summed E-state index contributed by atoms with van der Waals surface area (Å²) in [5, 5.41) is 0.113. The first-order valence-electron chi connectivity index (χ1n) is 11.8. The molecule has 186 valence electrons. The van der Waals surface area contributed by atoms with Crippen LogP contribution in [-0.4, -0.2) is 52.0 Å². The molecule has 0 radical (unpaired) electrons. The van der Waals surface area contributed by atoms with Gasteiger partial charge in [-0.3, -0.25) is 9.36 Å². The quantitative estimate of drug-likeness (QED) is 0.682. The second-order valence-electron chi connectivity index (χ2n) is 10.6. The van der Waals surface area contributed by atoms with Crippen LogP contribution in [0.3, 0.4) is 0 Å². The lowest BCUT2D eigenvalue weighted by Crippen LogP contribution is -2.45. The second kappa shape index (κ2) is 8.32. The lowest BCUT2D eigenvalue weighted by molar-refractivity contribution is 0.0192. The summed E-state index contributed by atoms with van der Waals surface area (Å²) in [5.74, 6) is 5.30. The fourth-order valence-corrected chi connectivity index (χ4v) is 4.92. The van der Waals surface area contributed by atoms with Crippen LogP contribution >= 0.6 is 0 Å². The first-order valence-corrected chi connectivity index (χ1v) is 11.8. The molecule has 1 saturated heterocycles. The Bertz CT molecular complexity index is 1260. The molecule has 2 atom stereocenters. The van der Waals surface area contributed by atoms with Gasteiger partial charge in [-0.05, 0) is 65.9 Å². The maximum absolute atomic E-state index is 15.4. The summed E-state index contributed by atoms with van der Waals surface area (Å²) in [6.45, 7) is 10.3. The molecule has 10 heteroatoms. The minimum Gasteiger partial charge on any atom is -0.444 e. The van der Waals surface area contributed by atoms with Crippen molar-refractivity contribution in [3.8, 4) is 0 Å². The van der Waals surface area contributed by atoms with Gasteiger partial charge in [0.25, 0.3) is 5.56 Å². The maximum atomic E-state index is 15.4. The number of benzene rings is 1. The number of carbonyl (C=O) groups excluding carboxylic acids is 1. The number of nitrogens with two attached hydrogens (primary N) is 1. The average molecular weight is 476 g/mol. The van der Waals surface area contributed by atoms with Crippen LogP contribution in [0, 0.1) is 18.7 Å². The number of halogens is 1. The molecular weight excluding hydrogens is 441 g/mol. The van der Waals surface area contributed by atoms with Gasteiger partial charge in [0.05, 0.1) is 16.6 Å². The topological polar surface area (TPSA) is 103 Å². The molecule has 9 nitrogen and oxygen atoms in total. The molecular formula is C24H34FN5O4. The van der Waals surface area contributed by atoms with E-state index in [9.17, 15) is 14.4 Å². The van der Waals surface area contributed by atoms with Crippen molar-refractivity contribution in [1.82, 2.24) is 14.1 Å². The second-order valence-corrected chi connectivity index (χ2v) is 10.6. The monoisotopic (exact) mass is 475 g/mol. The predicted octanol–water partition coefficient (Wildman–Crippen LogP) is 2.74. The zero-order chi connectivity index (χ0) is 25.1. The standard InChI is InChI=1S/C24H34FN5O4/c1-13-19-17(21(31)30(26)22(32)29(19)16-7-8-16)11-18(25)20(13)28-10-9-15(12-28)14(2)27(6)23(33)34-24(3,4)5/h11,14-16H,7-10,12,26H2,1-6H3/t14-,15?/m0/s1. The molecule has 0 bridgehead atoms. The molecule has 1 aromatic carbocycles. The van der Waals surface area contributed by atoms with Crippen molar-refractivity contribution in [2.24, 2.45) is 5.92 Å². The van der Waals surface area contributed by atoms with Crippen molar-refractivity contribution in [3.05, 3.63) is 38.3 Å². The third-order valence-corrected chi connectivity index (χ3v) is 6.99. The molecule has 1 aliphatic carbocycles. The largest absolute Gasteiger partial charge is 0.444 e. The Morgan fingerprint density at radius 3 is 2.50 bits per heavy atom. The third-order valence-electron chi connectivity index (χ3n) is 6.99. The molecule has 2 fully saturated rings. The van der Waals surface area contributed by atoms with Gasteiger partial charge in [-0.15, -0.1) is 0 Å². The number of hydrogen-bond acceptors (Lipinski definition) is 6. The number of aromatic nitrogens is 2. The van der Waals surface area contributed by atoms with Crippen LogP contribution in [0.5, 0.6) is 0 Å². The number of ether oxygens (including phenoxy) is 1. The molecule has 2 aliphatic rings. The van der Waals surface area contributed by atoms with Gasteiger partial charge in [0, 0.05) is 37.8 Å². The van der Waals surface area contributed by atoms with Crippen LogP contribution in [0.15, 0.2) is 15.7 Å². The summed E-state index contributed by atoms with van der Waals surface area (Å²) in [4.78, 5) is 41.5. The van der Waals surface area contributed by atoms with Crippen LogP contribution in [0.25, 0.3) is 10.9 Å². The van der Waals surface area contributed by atoms with Crippen molar-refractivity contribution in [1.29, 1.82) is 0 Å². The molecule has 1 saturated carbocycles. The van der Waals surface area contributed by atoms with Crippen LogP contribution in [-0.2, 0) is 4.74 Å². The maximum Gasteiger partial charge on any atom is 0.410 e. The number of anilines is 1. The molecule has 4 rings (SSSR count). The van der Waals surface area contributed by atoms with E-state index in [0.717, 1.165) is 19.3 Å². The summed E-state index contributed by atoms with van der Waals surface area (Å²) in [7, 11) is 1.72. The van der Waals surface area contributed by atoms with E-state index < -0.39 is 28.8 Å². The lowest BCUT2D eigenvalue weighted by atomic mass is 9.99. The number of fused-ring (bicyclic) bond motifs is 1. The Morgan fingerprint density at radius 2 is 1.91 bits per heavy atom. The number of aryl methyl sites for hydroxylation is 1. The zero-order valence-corrected chi connectivity index (χ0v) is 20.7. The lowest BCUT2D eigenvalue weighted by Gasteiger charge is -2.32. The van der Waals surface area contributed by atoms with Crippen LogP contribution in [0.4, 0.5) is 14.9 Å². The number of carbonyl (C=O) groups is 1. The molecule has 1 unspecified atom stereocenters. The van der Waals surface area contributed by atoms with Gasteiger partial charge in [0.2, 0.25) is 0 Å². The van der Waals surface area contributed by atoms with Gasteiger partial charge in [0.15, 0.2) is 0 Å². The molecule has 1 aromatic heterocycles. The summed E-state index contributed by atoms with van der Waals surface area (Å²) in [6.07, 6.45) is 2.02. The molecule has 1 amide bonds. The van der Waals surface area contributed by atoms with Crippen LogP contribution in [0.1, 0.15) is 58.6 Å². The Hall–Kier alpha value is -3.04. The van der Waals surface area contributed by atoms with Crippen molar-refractivity contribution in [2.75, 3.05) is 30.9 Å². The third kappa shape index (κ3) is 4.14. The number of hydrogen-bond donors (Lipinski definition) is 1. The minimum absolute atomic E-state index is 0.0313. The SMILES string of the molecule is Cc1c(N2CCC([C@H](C)N(C)C(=O)OC(C)(C)C)C2)c(F)cc2c(=O)n(N)c(=O)n(C3CC3)c12. The number of rotatable bonds is 4. The van der Waals surface area contributed by atoms with E-state index in [-0.39, 0.29) is 23.4 Å². The highest BCUT2D eigenvalue weighted by atomic mass is 19.1. The van der Waals surface area contributed by atoms with E-state index >= 15 is 4.39 Å². The van der Waals surface area contributed by atoms with E-state index in [0.29, 0.717) is 34.5 Å². The van der Waals surface area contributed by atoms with Gasteiger partial charge in [-0.2, -0.15) is 4.68 Å². The van der Waals surface area contributed by atoms with Gasteiger partial charge < -0.3 is 20.4 Å². The Labute approximate surface area is 197 Å². The molecule has 2 N–H and O–H groups in total. The molecule has 34 heavy (non-hydrogen) atoms. The minimum atomic E-state index is -0.697. The first-order chi connectivity index (χ1) is 15.8. The average Bonchev–Trinajstić information content (AvgIpc) is 3.47. The number of amides is 1. The van der Waals surface area contributed by atoms with Gasteiger partial charge in [-0.1, -0.05) is 0 Å². The normalized spacial score (nSPS) is 19.5. The van der Waals surface area contributed by atoms with Crippen molar-refractivity contribution in [2.45, 2.75) is 71.6 Å². The zero-order valence-electron chi connectivity index (χ0n) is 20.7. The molecule has 1 aliphatic heterocycles. The number of nitrogen functional groups attached to an aromatic ring is 1. The smallest absolute Gasteiger partial charge is 0.410 e. The molecule has 2 aromatic rings. The Morgan fingerprint density at radius 1 is 1.26 bits per heavy atom. The highest BCUT2D eigenvalue weighted by Gasteiger charge is 2.35. The Kier molecular flexibility index (Phi) is 5.90. The van der Waals surface area contributed by atoms with Crippen LogP contribution in [0.2, 0.25) is 0 Å². The summed E-state index contributed by atoms with van der Waals surface area (Å²) >= 11 is 0. The molecule has 2 heterocycles. The highest BCUT2D eigenvalue weighted by molar-refractivity contribution is 5.87. The van der Waals surface area contributed by atoms with Crippen molar-refractivity contribution in [3.63, 3.8) is 0 Å². The van der Waals surface area contributed by atoms with E-state index in [4.69, 9.17) is 10.6 Å². The van der Waals surface area contributed by atoms with E-state index in [1.807, 2.05) is 32.6 Å². The summed E-state index contributed by atoms with van der Waals surface area (Å²) < 4.78 is 23.0. The van der Waals surface area contributed by atoms with E-state index in [2.05, 4.69) is 0 Å². The van der Waals surface area contributed by atoms with Crippen molar-refractivity contribution >= 4 is 22.7 Å². The number of nitrogens with zero attached hydrogens (tertiary/aromatic N) is 4. The predicted molar refractivity (Wildman–Crippen MR) is 129 cm³/mol. The van der Waals surface area contributed by atoms with Crippen molar-refractivity contribution < 1.29 is 13.9 Å². The first kappa shape index (κ1) is 24.1. The van der Waals surface area contributed by atoms with E-state index in [1.54, 1.807) is 23.4 Å². The Balaban J connectivity index is 1.67. The summed E-state index contributed by atoms with van der Waals surface area (Å²) in [6, 6.07) is 1.06. The fraction of sp³-hybridized carbons (Fsp3) is 0.625. The van der Waals surface area contributed by atoms with E-state index in [1.165, 1.54) is 6.07 Å². The van der Waals surface area contributed by atoms with Gasteiger partial charge >= 0.3 is 11.8 Å². The van der Waals surface area contributed by atoms with Crippen LogP contribution < -0.4 is 22.0 Å². The highest BCUT2D eigenvalue weighted by Crippen LogP contribution is 2.39. The fourth-order valence-electron chi connectivity index (χ4n) is 4.92. The molecule has 0 spiro atoms. The van der Waals surface area contributed by atoms with Gasteiger partial charge in [0.1, 0.15) is 11.4 Å². The summed E-state index contributed by atoms with van der Waals surface area (Å²) in [5.41, 5.74) is -0.448. The van der Waals surface area contributed by atoms with Gasteiger partial charge in [-0.25, -0.2) is 14.0 Å².